The van der Waals surface area contributed by atoms with E-state index in [-0.39, 0.29) is 0 Å². The molecule has 46 valence electrons. The minimum Gasteiger partial charge on any atom is -0.274 e. The molecule has 0 atom stereocenters. The van der Waals surface area contributed by atoms with Crippen molar-refractivity contribution in [2.75, 3.05) is 6.54 Å². The SMILES string of the molecule is C/C=N\NC=NCC. The molecule has 3 nitrogen and oxygen atoms in total. The second-order valence-corrected chi connectivity index (χ2v) is 1.14. The van der Waals surface area contributed by atoms with Crippen LogP contribution in [0.2, 0.25) is 0 Å². The van der Waals surface area contributed by atoms with Gasteiger partial charge < -0.3 is 0 Å². The van der Waals surface area contributed by atoms with Crippen LogP contribution in [0.15, 0.2) is 10.1 Å². The molecule has 3 heteroatoms. The Kier molecular flexibility index (Phi) is 5.48. The predicted octanol–water partition coefficient (Wildman–Crippen LogP) is 0.630. The van der Waals surface area contributed by atoms with Crippen molar-refractivity contribution in [3.05, 3.63) is 0 Å². The van der Waals surface area contributed by atoms with Crippen LogP contribution in [0.5, 0.6) is 0 Å². The molecule has 0 spiro atoms. The molecular weight excluding hydrogens is 102 g/mol. The van der Waals surface area contributed by atoms with Crippen molar-refractivity contribution in [1.82, 2.24) is 5.43 Å². The van der Waals surface area contributed by atoms with E-state index in [0.717, 1.165) is 6.54 Å². The Morgan fingerprint density at radius 2 is 2.38 bits per heavy atom. The Morgan fingerprint density at radius 1 is 1.62 bits per heavy atom. The first-order valence-corrected chi connectivity index (χ1v) is 2.63. The van der Waals surface area contributed by atoms with Crippen molar-refractivity contribution in [2.45, 2.75) is 13.8 Å². The molecule has 1 N–H and O–H groups in total. The molecule has 0 aromatic carbocycles. The van der Waals surface area contributed by atoms with E-state index in [0.29, 0.717) is 0 Å². The highest BCUT2D eigenvalue weighted by Crippen LogP contribution is 1.58. The van der Waals surface area contributed by atoms with Gasteiger partial charge in [0.25, 0.3) is 0 Å². The molecule has 0 unspecified atom stereocenters. The molecule has 8 heavy (non-hydrogen) atoms. The van der Waals surface area contributed by atoms with Gasteiger partial charge in [-0.05, 0) is 13.8 Å². The highest BCUT2D eigenvalue weighted by molar-refractivity contribution is 5.58. The lowest BCUT2D eigenvalue weighted by Crippen LogP contribution is -2.00. The van der Waals surface area contributed by atoms with Crippen molar-refractivity contribution >= 4 is 12.6 Å². The fraction of sp³-hybridized carbons (Fsp3) is 0.600. The van der Waals surface area contributed by atoms with Crippen LogP contribution in [0, 0.1) is 0 Å². The topological polar surface area (TPSA) is 36.8 Å². The van der Waals surface area contributed by atoms with Crippen molar-refractivity contribution in [3.63, 3.8) is 0 Å². The van der Waals surface area contributed by atoms with Gasteiger partial charge in [0.2, 0.25) is 0 Å². The third-order valence-corrected chi connectivity index (χ3v) is 0.535. The number of nitrogens with one attached hydrogen (secondary N) is 1. The molecule has 0 fully saturated rings. The van der Waals surface area contributed by atoms with Crippen LogP contribution in [0.25, 0.3) is 0 Å². The number of nitrogens with zero attached hydrogens (tertiary/aromatic N) is 2. The summed E-state index contributed by atoms with van der Waals surface area (Å²) in [4.78, 5) is 3.86. The molecule has 0 saturated carbocycles. The fourth-order valence-corrected chi connectivity index (χ4v) is 0.240. The number of rotatable bonds is 3. The standard InChI is InChI=1S/C5H11N3/c1-3-6-5-8-7-4-2/h4-5H,3H2,1-2H3,(H,6,8)/b7-4-. The number of hydrogen-bond acceptors (Lipinski definition) is 2. The van der Waals surface area contributed by atoms with Crippen LogP contribution >= 0.6 is 0 Å². The van der Waals surface area contributed by atoms with E-state index >= 15 is 0 Å². The van der Waals surface area contributed by atoms with Gasteiger partial charge in [0, 0.05) is 12.8 Å². The molecule has 0 aliphatic carbocycles. The lowest BCUT2D eigenvalue weighted by atomic mass is 10.8. The van der Waals surface area contributed by atoms with Gasteiger partial charge in [-0.15, -0.1) is 0 Å². The third-order valence-electron chi connectivity index (χ3n) is 0.535. The minimum absolute atomic E-state index is 0.798. The second kappa shape index (κ2) is 6.14. The first-order valence-electron chi connectivity index (χ1n) is 2.63. The Bertz CT molecular complexity index is 85.7. The van der Waals surface area contributed by atoms with Crippen molar-refractivity contribution in [1.29, 1.82) is 0 Å². The van der Waals surface area contributed by atoms with Crippen LogP contribution in [0.1, 0.15) is 13.8 Å². The van der Waals surface area contributed by atoms with Crippen LogP contribution < -0.4 is 5.43 Å². The van der Waals surface area contributed by atoms with Gasteiger partial charge >= 0.3 is 0 Å². The predicted molar refractivity (Wildman–Crippen MR) is 36.3 cm³/mol. The van der Waals surface area contributed by atoms with E-state index in [9.17, 15) is 0 Å². The van der Waals surface area contributed by atoms with E-state index in [1.165, 1.54) is 0 Å². The largest absolute Gasteiger partial charge is 0.274 e. The highest BCUT2D eigenvalue weighted by atomic mass is 15.3. The summed E-state index contributed by atoms with van der Waals surface area (Å²) in [6.45, 7) is 4.60. The van der Waals surface area contributed by atoms with Gasteiger partial charge in [-0.3, -0.25) is 10.4 Å². The van der Waals surface area contributed by atoms with Gasteiger partial charge in [0.05, 0.1) is 0 Å². The maximum absolute atomic E-state index is 3.86. The van der Waals surface area contributed by atoms with Crippen molar-refractivity contribution in [2.24, 2.45) is 10.1 Å². The first-order chi connectivity index (χ1) is 3.91. The maximum Gasteiger partial charge on any atom is 0.103 e. The van der Waals surface area contributed by atoms with Gasteiger partial charge in [0.15, 0.2) is 0 Å². The molecule has 0 amide bonds. The summed E-state index contributed by atoms with van der Waals surface area (Å²) in [5.74, 6) is 0. The normalized spacial score (nSPS) is 11.2. The monoisotopic (exact) mass is 113 g/mol. The van der Waals surface area contributed by atoms with Crippen molar-refractivity contribution < 1.29 is 0 Å². The molecule has 0 aromatic heterocycles. The number of hydrazone groups is 1. The highest BCUT2D eigenvalue weighted by Gasteiger charge is 1.61. The quantitative estimate of drug-likeness (QED) is 0.325. The Morgan fingerprint density at radius 3 is 2.88 bits per heavy atom. The Labute approximate surface area is 49.5 Å². The summed E-state index contributed by atoms with van der Waals surface area (Å²) < 4.78 is 0. The van der Waals surface area contributed by atoms with Gasteiger partial charge in [-0.1, -0.05) is 0 Å². The van der Waals surface area contributed by atoms with Gasteiger partial charge in [-0.25, -0.2) is 0 Å². The van der Waals surface area contributed by atoms with Crippen LogP contribution in [-0.4, -0.2) is 19.1 Å². The zero-order valence-electron chi connectivity index (χ0n) is 5.26. The molecule has 0 bridgehead atoms. The summed E-state index contributed by atoms with van der Waals surface area (Å²) in [5.41, 5.74) is 2.61. The van der Waals surface area contributed by atoms with E-state index in [4.69, 9.17) is 0 Å². The van der Waals surface area contributed by atoms with E-state index in [1.807, 2.05) is 13.8 Å². The van der Waals surface area contributed by atoms with Crippen LogP contribution in [0.4, 0.5) is 0 Å². The Hall–Kier alpha value is -0.860. The Balaban J connectivity index is 3.03. The maximum atomic E-state index is 3.86. The van der Waals surface area contributed by atoms with E-state index in [1.54, 1.807) is 12.6 Å². The summed E-state index contributed by atoms with van der Waals surface area (Å²) in [6, 6.07) is 0. The summed E-state index contributed by atoms with van der Waals surface area (Å²) in [7, 11) is 0. The van der Waals surface area contributed by atoms with E-state index in [2.05, 4.69) is 15.5 Å². The molecular formula is C5H11N3. The van der Waals surface area contributed by atoms with Crippen molar-refractivity contribution in [3.8, 4) is 0 Å². The van der Waals surface area contributed by atoms with Gasteiger partial charge in [-0.2, -0.15) is 5.10 Å². The zero-order chi connectivity index (χ0) is 6.24. The average Bonchev–Trinajstić information content (AvgIpc) is 1.81. The summed E-state index contributed by atoms with van der Waals surface area (Å²) in [5, 5.41) is 3.68. The molecule has 0 radical (unpaired) electrons. The molecule has 0 saturated heterocycles. The molecule has 0 rings (SSSR count). The zero-order valence-corrected chi connectivity index (χ0v) is 5.26. The molecule has 0 aliphatic heterocycles. The fourth-order valence-electron chi connectivity index (χ4n) is 0.240. The first kappa shape index (κ1) is 7.14. The van der Waals surface area contributed by atoms with Gasteiger partial charge in [0.1, 0.15) is 6.34 Å². The van der Waals surface area contributed by atoms with Crippen LogP contribution in [0.3, 0.4) is 0 Å². The second-order valence-electron chi connectivity index (χ2n) is 1.14. The third kappa shape index (κ3) is 5.14. The smallest absolute Gasteiger partial charge is 0.103 e. The molecule has 0 aliphatic rings. The minimum atomic E-state index is 0.798. The van der Waals surface area contributed by atoms with E-state index < -0.39 is 0 Å². The number of aliphatic imine (C=N–C) groups is 1. The average molecular weight is 113 g/mol. The summed E-state index contributed by atoms with van der Waals surface area (Å²) >= 11 is 0. The van der Waals surface area contributed by atoms with Crippen LogP contribution in [-0.2, 0) is 0 Å². The molecule has 0 heterocycles. The lowest BCUT2D eigenvalue weighted by Gasteiger charge is -1.83. The lowest BCUT2D eigenvalue weighted by molar-refractivity contribution is 1.03. The number of hydrogen-bond donors (Lipinski definition) is 1. The molecule has 0 aromatic rings. The summed E-state index contributed by atoms with van der Waals surface area (Å²) in [6.07, 6.45) is 3.24.